The van der Waals surface area contributed by atoms with Crippen molar-refractivity contribution in [2.75, 3.05) is 0 Å². The van der Waals surface area contributed by atoms with E-state index in [-0.39, 0.29) is 0 Å². The summed E-state index contributed by atoms with van der Waals surface area (Å²) in [5.41, 5.74) is 4.66. The van der Waals surface area contributed by atoms with Crippen LogP contribution in [0.2, 0.25) is 0 Å². The first-order chi connectivity index (χ1) is 8.63. The molecule has 3 aromatic rings. The Morgan fingerprint density at radius 2 is 1.50 bits per heavy atom. The second-order valence-electron chi connectivity index (χ2n) is 4.47. The molecule has 5 nitrogen and oxygen atoms in total. The number of hydrogen-bond donors (Lipinski definition) is 2. The Kier molecular flexibility index (Phi) is 2.33. The van der Waals surface area contributed by atoms with E-state index in [2.05, 4.69) is 20.4 Å². The molecule has 0 bridgehead atoms. The molecule has 3 heterocycles. The van der Waals surface area contributed by atoms with Crippen molar-refractivity contribution in [3.05, 3.63) is 35.3 Å². The van der Waals surface area contributed by atoms with Crippen LogP contribution in [0.5, 0.6) is 0 Å². The third-order valence-electron chi connectivity index (χ3n) is 2.78. The van der Waals surface area contributed by atoms with Crippen molar-refractivity contribution in [2.45, 2.75) is 20.8 Å². The van der Waals surface area contributed by atoms with E-state index in [0.29, 0.717) is 0 Å². The fourth-order valence-corrected chi connectivity index (χ4v) is 1.99. The number of rotatable bonds is 2. The number of aryl methyl sites for hydroxylation is 3. The lowest BCUT2D eigenvalue weighted by molar-refractivity contribution is 0.546. The van der Waals surface area contributed by atoms with Crippen LogP contribution in [-0.2, 0) is 0 Å². The standard InChI is InChI=1S/C13H14N4O/c1-7-4-11(16-14-7)10-6-9(3)18-13(10)12-5-8(2)15-17-12/h4-6H,1-3H3,(H,14,16)(H,15,17). The number of aromatic nitrogens is 4. The number of nitrogens with one attached hydrogen (secondary N) is 2. The molecule has 0 radical (unpaired) electrons. The minimum Gasteiger partial charge on any atom is -0.459 e. The van der Waals surface area contributed by atoms with Gasteiger partial charge in [-0.3, -0.25) is 10.2 Å². The first-order valence-electron chi connectivity index (χ1n) is 5.78. The van der Waals surface area contributed by atoms with Gasteiger partial charge in [0, 0.05) is 11.4 Å². The van der Waals surface area contributed by atoms with Crippen LogP contribution in [0.4, 0.5) is 0 Å². The van der Waals surface area contributed by atoms with Gasteiger partial charge in [0.25, 0.3) is 0 Å². The van der Waals surface area contributed by atoms with E-state index in [4.69, 9.17) is 4.42 Å². The van der Waals surface area contributed by atoms with Gasteiger partial charge >= 0.3 is 0 Å². The van der Waals surface area contributed by atoms with Crippen molar-refractivity contribution in [3.8, 4) is 22.7 Å². The topological polar surface area (TPSA) is 70.5 Å². The van der Waals surface area contributed by atoms with Crippen LogP contribution in [0.3, 0.4) is 0 Å². The fraction of sp³-hybridized carbons (Fsp3) is 0.231. The van der Waals surface area contributed by atoms with Crippen LogP contribution < -0.4 is 0 Å². The van der Waals surface area contributed by atoms with Crippen molar-refractivity contribution >= 4 is 0 Å². The van der Waals surface area contributed by atoms with Gasteiger partial charge in [-0.05, 0) is 39.0 Å². The van der Waals surface area contributed by atoms with E-state index in [9.17, 15) is 0 Å². The maximum atomic E-state index is 5.74. The highest BCUT2D eigenvalue weighted by atomic mass is 16.3. The minimum absolute atomic E-state index is 0.753. The van der Waals surface area contributed by atoms with Gasteiger partial charge in [0.15, 0.2) is 5.76 Å². The molecule has 0 aliphatic rings. The van der Waals surface area contributed by atoms with Crippen LogP contribution in [0.25, 0.3) is 22.7 Å². The summed E-state index contributed by atoms with van der Waals surface area (Å²) in [7, 11) is 0. The van der Waals surface area contributed by atoms with Crippen molar-refractivity contribution < 1.29 is 4.42 Å². The normalized spacial score (nSPS) is 11.1. The molecule has 0 aromatic carbocycles. The lowest BCUT2D eigenvalue weighted by atomic mass is 10.1. The molecule has 3 aromatic heterocycles. The molecular formula is C13H14N4O. The number of nitrogens with zero attached hydrogens (tertiary/aromatic N) is 2. The molecule has 0 spiro atoms. The Labute approximate surface area is 104 Å². The average Bonchev–Trinajstić information content (AvgIpc) is 2.98. The van der Waals surface area contributed by atoms with E-state index in [1.807, 2.05) is 39.0 Å². The smallest absolute Gasteiger partial charge is 0.163 e. The summed E-state index contributed by atoms with van der Waals surface area (Å²) < 4.78 is 5.74. The van der Waals surface area contributed by atoms with Crippen molar-refractivity contribution in [2.24, 2.45) is 0 Å². The lowest BCUT2D eigenvalue weighted by Crippen LogP contribution is -1.80. The molecule has 0 atom stereocenters. The molecular weight excluding hydrogens is 228 g/mol. The zero-order valence-electron chi connectivity index (χ0n) is 10.5. The summed E-state index contributed by atoms with van der Waals surface area (Å²) in [4.78, 5) is 0. The lowest BCUT2D eigenvalue weighted by Gasteiger charge is -1.94. The largest absolute Gasteiger partial charge is 0.459 e. The zero-order valence-corrected chi connectivity index (χ0v) is 10.5. The van der Waals surface area contributed by atoms with Crippen LogP contribution >= 0.6 is 0 Å². The molecule has 0 aliphatic carbocycles. The summed E-state index contributed by atoms with van der Waals surface area (Å²) in [6.45, 7) is 5.86. The van der Waals surface area contributed by atoms with Gasteiger partial charge < -0.3 is 4.42 Å². The third kappa shape index (κ3) is 1.73. The van der Waals surface area contributed by atoms with Crippen LogP contribution in [0.15, 0.2) is 22.6 Å². The number of furan rings is 1. The number of H-pyrrole nitrogens is 2. The molecule has 92 valence electrons. The summed E-state index contributed by atoms with van der Waals surface area (Å²) in [6, 6.07) is 5.93. The van der Waals surface area contributed by atoms with Crippen LogP contribution in [-0.4, -0.2) is 20.4 Å². The van der Waals surface area contributed by atoms with E-state index in [1.54, 1.807) is 0 Å². The Bertz CT molecular complexity index is 632. The monoisotopic (exact) mass is 242 g/mol. The zero-order chi connectivity index (χ0) is 12.7. The molecule has 0 unspecified atom stereocenters. The molecule has 0 saturated carbocycles. The highest BCUT2D eigenvalue weighted by Crippen LogP contribution is 2.33. The number of hydrogen-bond acceptors (Lipinski definition) is 3. The van der Waals surface area contributed by atoms with Crippen molar-refractivity contribution in [1.82, 2.24) is 20.4 Å². The third-order valence-corrected chi connectivity index (χ3v) is 2.78. The summed E-state index contributed by atoms with van der Waals surface area (Å²) in [5, 5.41) is 14.4. The van der Waals surface area contributed by atoms with Gasteiger partial charge in [-0.2, -0.15) is 10.2 Å². The van der Waals surface area contributed by atoms with Crippen LogP contribution in [0, 0.1) is 20.8 Å². The highest BCUT2D eigenvalue weighted by molar-refractivity contribution is 5.76. The van der Waals surface area contributed by atoms with E-state index in [1.165, 1.54) is 0 Å². The number of aromatic amines is 2. The Morgan fingerprint density at radius 1 is 0.889 bits per heavy atom. The van der Waals surface area contributed by atoms with Gasteiger partial charge in [-0.25, -0.2) is 0 Å². The SMILES string of the molecule is Cc1cc(-c2cc(C)oc2-c2cc(C)[nH]n2)n[nH]1. The molecule has 0 saturated heterocycles. The van der Waals surface area contributed by atoms with Gasteiger partial charge in [-0.1, -0.05) is 0 Å². The van der Waals surface area contributed by atoms with Crippen LogP contribution in [0.1, 0.15) is 17.1 Å². The Balaban J connectivity index is 2.16. The molecule has 2 N–H and O–H groups in total. The predicted octanol–water partition coefficient (Wildman–Crippen LogP) is 2.99. The van der Waals surface area contributed by atoms with E-state index in [0.717, 1.165) is 39.9 Å². The Morgan fingerprint density at radius 3 is 2.06 bits per heavy atom. The highest BCUT2D eigenvalue weighted by Gasteiger charge is 2.17. The van der Waals surface area contributed by atoms with Gasteiger partial charge in [0.05, 0.1) is 11.3 Å². The fourth-order valence-electron chi connectivity index (χ4n) is 1.99. The molecule has 5 heteroatoms. The second kappa shape index (κ2) is 3.87. The maximum Gasteiger partial charge on any atom is 0.163 e. The molecule has 18 heavy (non-hydrogen) atoms. The first-order valence-corrected chi connectivity index (χ1v) is 5.78. The molecule has 3 rings (SSSR count). The summed E-state index contributed by atoms with van der Waals surface area (Å²) in [6.07, 6.45) is 0. The maximum absolute atomic E-state index is 5.74. The van der Waals surface area contributed by atoms with Crippen molar-refractivity contribution in [3.63, 3.8) is 0 Å². The van der Waals surface area contributed by atoms with Gasteiger partial charge in [0.1, 0.15) is 11.5 Å². The summed E-state index contributed by atoms with van der Waals surface area (Å²) >= 11 is 0. The molecule has 0 fully saturated rings. The minimum atomic E-state index is 0.753. The van der Waals surface area contributed by atoms with E-state index < -0.39 is 0 Å². The Hall–Kier alpha value is -2.30. The van der Waals surface area contributed by atoms with Gasteiger partial charge in [-0.15, -0.1) is 0 Å². The quantitative estimate of drug-likeness (QED) is 0.725. The average molecular weight is 242 g/mol. The molecule has 0 aliphatic heterocycles. The molecule has 0 amide bonds. The predicted molar refractivity (Wildman–Crippen MR) is 68.1 cm³/mol. The van der Waals surface area contributed by atoms with E-state index >= 15 is 0 Å². The van der Waals surface area contributed by atoms with Gasteiger partial charge in [0.2, 0.25) is 0 Å². The van der Waals surface area contributed by atoms with Crippen molar-refractivity contribution in [1.29, 1.82) is 0 Å². The first kappa shape index (κ1) is 10.8. The second-order valence-corrected chi connectivity index (χ2v) is 4.47. The summed E-state index contributed by atoms with van der Waals surface area (Å²) in [5.74, 6) is 1.60.